The van der Waals surface area contributed by atoms with Crippen LogP contribution >= 0.6 is 0 Å². The van der Waals surface area contributed by atoms with Crippen molar-refractivity contribution in [3.63, 3.8) is 0 Å². The summed E-state index contributed by atoms with van der Waals surface area (Å²) in [7, 11) is 3.18. The van der Waals surface area contributed by atoms with Gasteiger partial charge in [0.25, 0.3) is 0 Å². The average Bonchev–Trinajstić information content (AvgIpc) is 3.15. The summed E-state index contributed by atoms with van der Waals surface area (Å²) < 4.78 is 17.7. The van der Waals surface area contributed by atoms with Gasteiger partial charge in [0.05, 0.1) is 19.2 Å². The largest absolute Gasteiger partial charge is 0.493 e. The molecule has 148 valence electrons. The van der Waals surface area contributed by atoms with Crippen molar-refractivity contribution in [2.45, 2.75) is 0 Å². The van der Waals surface area contributed by atoms with Crippen LogP contribution in [0.25, 0.3) is 28.2 Å². The van der Waals surface area contributed by atoms with Crippen molar-refractivity contribution < 1.29 is 14.2 Å². The highest BCUT2D eigenvalue weighted by atomic mass is 16.5. The van der Waals surface area contributed by atoms with E-state index >= 15 is 0 Å². The Hall–Kier alpha value is -3.79. The number of benzene rings is 1. The summed E-state index contributed by atoms with van der Waals surface area (Å²) in [4.78, 5) is 17.3. The second kappa shape index (κ2) is 8.07. The van der Waals surface area contributed by atoms with E-state index in [-0.39, 0.29) is 5.95 Å². The summed E-state index contributed by atoms with van der Waals surface area (Å²) in [5.74, 6) is 2.15. The molecule has 0 aliphatic rings. The molecule has 0 amide bonds. The third-order valence-electron chi connectivity index (χ3n) is 4.17. The van der Waals surface area contributed by atoms with Gasteiger partial charge < -0.3 is 19.9 Å². The number of ether oxygens (including phenoxy) is 3. The molecule has 0 atom stereocenters. The summed E-state index contributed by atoms with van der Waals surface area (Å²) in [6, 6.07) is 9.05. The van der Waals surface area contributed by atoms with Crippen LogP contribution in [0.5, 0.6) is 11.5 Å². The molecule has 0 saturated carbocycles. The lowest BCUT2D eigenvalue weighted by molar-refractivity contribution is 0.144. The Balaban J connectivity index is 1.82. The highest BCUT2D eigenvalue weighted by Gasteiger charge is 2.17. The Bertz CT molecular complexity index is 1130. The molecule has 0 aliphatic heterocycles. The Morgan fingerprint density at radius 3 is 2.69 bits per heavy atom. The first kappa shape index (κ1) is 18.6. The number of fused-ring (bicyclic) bond motifs is 1. The molecule has 0 saturated heterocycles. The van der Waals surface area contributed by atoms with Crippen LogP contribution in [0.15, 0.2) is 42.9 Å². The number of nitrogens with two attached hydrogens (primary N) is 1. The van der Waals surface area contributed by atoms with Gasteiger partial charge in [0.2, 0.25) is 11.8 Å². The minimum absolute atomic E-state index is 0.184. The number of nitrogens with zero attached hydrogens (tertiary/aromatic N) is 6. The summed E-state index contributed by atoms with van der Waals surface area (Å²) in [5.41, 5.74) is 7.39. The van der Waals surface area contributed by atoms with Gasteiger partial charge in [0.1, 0.15) is 18.6 Å². The van der Waals surface area contributed by atoms with Crippen molar-refractivity contribution in [1.82, 2.24) is 29.7 Å². The van der Waals surface area contributed by atoms with E-state index in [9.17, 15) is 0 Å². The van der Waals surface area contributed by atoms with Crippen LogP contribution in [0.4, 0.5) is 5.95 Å². The van der Waals surface area contributed by atoms with Crippen LogP contribution < -0.4 is 15.2 Å². The summed E-state index contributed by atoms with van der Waals surface area (Å²) in [6.45, 7) is 0.819. The maximum absolute atomic E-state index is 6.12. The van der Waals surface area contributed by atoms with Crippen molar-refractivity contribution in [2.75, 3.05) is 33.2 Å². The second-order valence-corrected chi connectivity index (χ2v) is 5.98. The average molecular weight is 393 g/mol. The van der Waals surface area contributed by atoms with Gasteiger partial charge >= 0.3 is 0 Å². The molecule has 1 aromatic carbocycles. The minimum atomic E-state index is 0.184. The summed E-state index contributed by atoms with van der Waals surface area (Å²) >= 11 is 0. The molecule has 10 nitrogen and oxygen atoms in total. The molecule has 3 heterocycles. The van der Waals surface area contributed by atoms with Crippen molar-refractivity contribution in [3.05, 3.63) is 42.9 Å². The van der Waals surface area contributed by atoms with Crippen LogP contribution in [0.1, 0.15) is 0 Å². The molecule has 0 unspecified atom stereocenters. The molecule has 0 spiro atoms. The number of rotatable bonds is 7. The van der Waals surface area contributed by atoms with E-state index in [1.54, 1.807) is 32.5 Å². The van der Waals surface area contributed by atoms with E-state index in [0.29, 0.717) is 53.0 Å². The Kier molecular flexibility index (Phi) is 5.16. The highest BCUT2D eigenvalue weighted by molar-refractivity contribution is 5.88. The van der Waals surface area contributed by atoms with Gasteiger partial charge in [-0.1, -0.05) is 6.07 Å². The summed E-state index contributed by atoms with van der Waals surface area (Å²) in [5, 5.41) is 5.17. The lowest BCUT2D eigenvalue weighted by Crippen LogP contribution is -2.08. The zero-order valence-corrected chi connectivity index (χ0v) is 15.9. The fourth-order valence-corrected chi connectivity index (χ4v) is 2.81. The predicted molar refractivity (Wildman–Crippen MR) is 106 cm³/mol. The molecular formula is C19H19N7O3. The number of nitrogen functional groups attached to an aromatic ring is 1. The van der Waals surface area contributed by atoms with Gasteiger partial charge in [-0.25, -0.2) is 9.97 Å². The number of hydrogen-bond acceptors (Lipinski definition) is 9. The van der Waals surface area contributed by atoms with E-state index in [0.717, 1.165) is 0 Å². The van der Waals surface area contributed by atoms with E-state index in [4.69, 9.17) is 19.9 Å². The molecule has 29 heavy (non-hydrogen) atoms. The zero-order valence-electron chi connectivity index (χ0n) is 15.9. The molecule has 10 heteroatoms. The van der Waals surface area contributed by atoms with Crippen molar-refractivity contribution in [2.24, 2.45) is 0 Å². The normalized spacial score (nSPS) is 11.0. The molecule has 2 N–H and O–H groups in total. The number of methoxy groups -OCH3 is 2. The molecule has 4 aromatic rings. The molecule has 4 rings (SSSR count). The Morgan fingerprint density at radius 2 is 1.93 bits per heavy atom. The fourth-order valence-electron chi connectivity index (χ4n) is 2.81. The van der Waals surface area contributed by atoms with Crippen molar-refractivity contribution >= 4 is 16.9 Å². The Morgan fingerprint density at radius 1 is 1.03 bits per heavy atom. The highest BCUT2D eigenvalue weighted by Crippen LogP contribution is 2.34. The minimum Gasteiger partial charge on any atom is -0.493 e. The third kappa shape index (κ3) is 3.65. The standard InChI is InChI=1S/C19H19N7O3/c1-27-7-8-29-16-9-12-14(10-15(16)28-2)22-11-23-18(12)26-19(20)24-17(25-26)13-5-3-4-6-21-13/h3-6,9-11H,7-8H2,1-2H3,(H2,20,24,25). The Labute approximate surface area is 166 Å². The van der Waals surface area contributed by atoms with E-state index in [2.05, 4.69) is 25.0 Å². The first-order valence-electron chi connectivity index (χ1n) is 8.80. The van der Waals surface area contributed by atoms with Crippen molar-refractivity contribution in [1.29, 1.82) is 0 Å². The molecule has 0 radical (unpaired) electrons. The fraction of sp³-hybridized carbons (Fsp3) is 0.211. The van der Waals surface area contributed by atoms with Crippen LogP contribution in [0.2, 0.25) is 0 Å². The quantitative estimate of drug-likeness (QED) is 0.469. The van der Waals surface area contributed by atoms with Gasteiger partial charge in [0, 0.05) is 24.8 Å². The van der Waals surface area contributed by atoms with E-state index < -0.39 is 0 Å². The zero-order chi connectivity index (χ0) is 20.2. The van der Waals surface area contributed by atoms with Gasteiger partial charge in [-0.15, -0.1) is 5.10 Å². The van der Waals surface area contributed by atoms with Crippen LogP contribution in [0.3, 0.4) is 0 Å². The molecule has 0 fully saturated rings. The summed E-state index contributed by atoms with van der Waals surface area (Å²) in [6.07, 6.45) is 3.10. The van der Waals surface area contributed by atoms with Crippen LogP contribution in [-0.2, 0) is 4.74 Å². The van der Waals surface area contributed by atoms with Gasteiger partial charge in [-0.3, -0.25) is 4.98 Å². The first-order valence-corrected chi connectivity index (χ1v) is 8.80. The molecule has 3 aromatic heterocycles. The predicted octanol–water partition coefficient (Wildman–Crippen LogP) is 1.89. The van der Waals surface area contributed by atoms with E-state index in [1.165, 1.54) is 11.0 Å². The number of aromatic nitrogens is 6. The maximum Gasteiger partial charge on any atom is 0.225 e. The SMILES string of the molecule is COCCOc1cc2c(-n3nc(-c4ccccn4)nc3N)ncnc2cc1OC. The smallest absolute Gasteiger partial charge is 0.225 e. The van der Waals surface area contributed by atoms with E-state index in [1.807, 2.05) is 18.2 Å². The number of pyridine rings is 1. The molecular weight excluding hydrogens is 374 g/mol. The third-order valence-corrected chi connectivity index (χ3v) is 4.17. The van der Waals surface area contributed by atoms with Gasteiger partial charge in [-0.2, -0.15) is 9.67 Å². The van der Waals surface area contributed by atoms with Gasteiger partial charge in [-0.05, 0) is 18.2 Å². The monoisotopic (exact) mass is 393 g/mol. The molecule has 0 aliphatic carbocycles. The lowest BCUT2D eigenvalue weighted by atomic mass is 10.2. The first-order chi connectivity index (χ1) is 14.2. The van der Waals surface area contributed by atoms with Gasteiger partial charge in [0.15, 0.2) is 17.3 Å². The number of hydrogen-bond donors (Lipinski definition) is 1. The van der Waals surface area contributed by atoms with Crippen LogP contribution in [0, 0.1) is 0 Å². The molecule has 0 bridgehead atoms. The maximum atomic E-state index is 6.12. The van der Waals surface area contributed by atoms with Crippen molar-refractivity contribution in [3.8, 4) is 28.8 Å². The second-order valence-electron chi connectivity index (χ2n) is 5.98. The number of anilines is 1. The topological polar surface area (TPSA) is 123 Å². The lowest BCUT2D eigenvalue weighted by Gasteiger charge is -2.13. The van der Waals surface area contributed by atoms with Crippen LogP contribution in [-0.4, -0.2) is 57.1 Å².